The minimum atomic E-state index is -0.847. The largest absolute Gasteiger partial charge is 0.481 e. The summed E-state index contributed by atoms with van der Waals surface area (Å²) in [5.41, 5.74) is 4.63. The van der Waals surface area contributed by atoms with E-state index >= 15 is 0 Å². The highest BCUT2D eigenvalue weighted by Gasteiger charge is 2.18. The van der Waals surface area contributed by atoms with Gasteiger partial charge in [0, 0.05) is 12.0 Å². The molecule has 4 aromatic rings. The van der Waals surface area contributed by atoms with Crippen LogP contribution in [0.1, 0.15) is 58.4 Å². The Kier molecular flexibility index (Phi) is 7.69. The minimum absolute atomic E-state index is 0.0500. The van der Waals surface area contributed by atoms with Gasteiger partial charge in [-0.1, -0.05) is 54.6 Å². The molecule has 1 atom stereocenters. The number of carbonyl (C=O) groups excluding carboxylic acids is 1. The molecule has 1 amide bonds. The van der Waals surface area contributed by atoms with Crippen LogP contribution in [-0.4, -0.2) is 17.0 Å². The number of carbonyl (C=O) groups is 2. The highest BCUT2D eigenvalue weighted by Crippen LogP contribution is 2.28. The molecule has 0 fully saturated rings. The van der Waals surface area contributed by atoms with Gasteiger partial charge < -0.3 is 15.2 Å². The average molecular weight is 482 g/mol. The van der Waals surface area contributed by atoms with Crippen molar-refractivity contribution in [3.63, 3.8) is 0 Å². The molecule has 5 nitrogen and oxygen atoms in total. The van der Waals surface area contributed by atoms with Crippen molar-refractivity contribution < 1.29 is 19.4 Å². The van der Waals surface area contributed by atoms with E-state index in [2.05, 4.69) is 23.5 Å². The second kappa shape index (κ2) is 11.1. The van der Waals surface area contributed by atoms with E-state index in [-0.39, 0.29) is 18.4 Å². The van der Waals surface area contributed by atoms with Crippen LogP contribution in [0.25, 0.3) is 10.8 Å². The Morgan fingerprint density at radius 3 is 2.39 bits per heavy atom. The van der Waals surface area contributed by atoms with E-state index in [0.29, 0.717) is 29.9 Å². The topological polar surface area (TPSA) is 75.6 Å². The van der Waals surface area contributed by atoms with Gasteiger partial charge >= 0.3 is 5.97 Å². The van der Waals surface area contributed by atoms with Crippen LogP contribution >= 0.6 is 0 Å². The molecule has 184 valence electrons. The highest BCUT2D eigenvalue weighted by atomic mass is 16.5. The lowest BCUT2D eigenvalue weighted by molar-refractivity contribution is -0.137. The summed E-state index contributed by atoms with van der Waals surface area (Å²) in [6.45, 7) is 6.05. The van der Waals surface area contributed by atoms with Gasteiger partial charge in [0.25, 0.3) is 5.91 Å². The lowest BCUT2D eigenvalue weighted by Crippen LogP contribution is -2.27. The van der Waals surface area contributed by atoms with Crippen molar-refractivity contribution in [2.75, 3.05) is 0 Å². The summed E-state index contributed by atoms with van der Waals surface area (Å²) in [5, 5.41) is 14.4. The van der Waals surface area contributed by atoms with Crippen molar-refractivity contribution in [1.82, 2.24) is 5.32 Å². The predicted octanol–water partition coefficient (Wildman–Crippen LogP) is 7.15. The second-order valence-corrected chi connectivity index (χ2v) is 9.18. The maximum atomic E-state index is 13.5. The van der Waals surface area contributed by atoms with Crippen LogP contribution in [0, 0.1) is 13.8 Å². The van der Waals surface area contributed by atoms with Crippen molar-refractivity contribution in [3.8, 4) is 11.5 Å². The quantitative estimate of drug-likeness (QED) is 0.266. The van der Waals surface area contributed by atoms with E-state index in [4.69, 9.17) is 9.84 Å². The van der Waals surface area contributed by atoms with Crippen molar-refractivity contribution in [3.05, 3.63) is 107 Å². The summed E-state index contributed by atoms with van der Waals surface area (Å²) in [6, 6.07) is 25.3. The number of carboxylic acid groups (broad SMARTS) is 1. The number of aliphatic carboxylic acids is 1. The van der Waals surface area contributed by atoms with Gasteiger partial charge in [-0.2, -0.15) is 0 Å². The Hall–Kier alpha value is -4.12. The fourth-order valence-electron chi connectivity index (χ4n) is 4.37. The molecule has 0 bridgehead atoms. The Balaban J connectivity index is 1.61. The zero-order chi connectivity index (χ0) is 25.7. The number of nitrogens with one attached hydrogen (secondary N) is 1. The molecule has 4 aromatic carbocycles. The zero-order valence-corrected chi connectivity index (χ0v) is 20.9. The maximum absolute atomic E-state index is 13.5. The molecule has 0 saturated carbocycles. The number of aryl methyl sites for hydroxylation is 3. The Labute approximate surface area is 211 Å². The third-order valence-corrected chi connectivity index (χ3v) is 6.51. The van der Waals surface area contributed by atoms with Gasteiger partial charge in [0.1, 0.15) is 11.5 Å². The van der Waals surface area contributed by atoms with Crippen LogP contribution in [0.5, 0.6) is 11.5 Å². The van der Waals surface area contributed by atoms with Crippen LogP contribution in [0.4, 0.5) is 0 Å². The summed E-state index contributed by atoms with van der Waals surface area (Å²) in [7, 11) is 0. The number of ether oxygens (including phenoxy) is 1. The number of rotatable bonds is 9. The van der Waals surface area contributed by atoms with Gasteiger partial charge in [-0.05, 0) is 90.9 Å². The molecule has 0 aliphatic carbocycles. The lowest BCUT2D eigenvalue weighted by atomic mass is 9.98. The van der Waals surface area contributed by atoms with Gasteiger partial charge in [-0.15, -0.1) is 0 Å². The number of hydrogen-bond acceptors (Lipinski definition) is 3. The maximum Gasteiger partial charge on any atom is 0.303 e. The molecule has 0 saturated heterocycles. The summed E-state index contributed by atoms with van der Waals surface area (Å²) in [4.78, 5) is 24.5. The van der Waals surface area contributed by atoms with E-state index in [0.717, 1.165) is 27.5 Å². The SMILES string of the molecule is Cc1ccc(Oc2ccc(CCCC(=O)O)c(C(=O)N[C@H](C)c3cccc4ccccc34)c2)cc1C. The highest BCUT2D eigenvalue weighted by molar-refractivity contribution is 5.97. The normalized spacial score (nSPS) is 11.8. The summed E-state index contributed by atoms with van der Waals surface area (Å²) in [6.07, 6.45) is 0.988. The first kappa shape index (κ1) is 25.0. The molecule has 0 aliphatic rings. The van der Waals surface area contributed by atoms with Gasteiger partial charge in [0.2, 0.25) is 0 Å². The van der Waals surface area contributed by atoms with E-state index in [1.165, 1.54) is 5.56 Å². The smallest absolute Gasteiger partial charge is 0.303 e. The number of amides is 1. The van der Waals surface area contributed by atoms with Crippen LogP contribution in [-0.2, 0) is 11.2 Å². The summed E-state index contributed by atoms with van der Waals surface area (Å²) >= 11 is 0. The number of hydrogen-bond donors (Lipinski definition) is 2. The first-order valence-corrected chi connectivity index (χ1v) is 12.2. The van der Waals surface area contributed by atoms with Crippen molar-refractivity contribution in [2.24, 2.45) is 0 Å². The van der Waals surface area contributed by atoms with Gasteiger partial charge in [-0.3, -0.25) is 9.59 Å². The Morgan fingerprint density at radius 2 is 1.61 bits per heavy atom. The molecular weight excluding hydrogens is 450 g/mol. The van der Waals surface area contributed by atoms with E-state index in [9.17, 15) is 9.59 Å². The molecule has 2 N–H and O–H groups in total. The first-order valence-electron chi connectivity index (χ1n) is 12.2. The number of benzene rings is 4. The molecule has 5 heteroatoms. The average Bonchev–Trinajstić information content (AvgIpc) is 2.86. The van der Waals surface area contributed by atoms with Gasteiger partial charge in [-0.25, -0.2) is 0 Å². The fraction of sp³-hybridized carbons (Fsp3) is 0.226. The predicted molar refractivity (Wildman–Crippen MR) is 143 cm³/mol. The van der Waals surface area contributed by atoms with E-state index in [1.807, 2.05) is 75.4 Å². The third kappa shape index (κ3) is 5.92. The monoisotopic (exact) mass is 481 g/mol. The molecule has 0 radical (unpaired) electrons. The van der Waals surface area contributed by atoms with E-state index in [1.54, 1.807) is 6.07 Å². The molecule has 0 spiro atoms. The fourth-order valence-corrected chi connectivity index (χ4v) is 4.37. The first-order chi connectivity index (χ1) is 17.3. The molecule has 0 unspecified atom stereocenters. The van der Waals surface area contributed by atoms with Crippen molar-refractivity contribution in [2.45, 2.75) is 46.1 Å². The van der Waals surface area contributed by atoms with Crippen LogP contribution in [0.2, 0.25) is 0 Å². The molecule has 36 heavy (non-hydrogen) atoms. The number of carboxylic acids is 1. The molecular formula is C31H31NO4. The zero-order valence-electron chi connectivity index (χ0n) is 20.9. The minimum Gasteiger partial charge on any atom is -0.481 e. The van der Waals surface area contributed by atoms with Crippen molar-refractivity contribution in [1.29, 1.82) is 0 Å². The van der Waals surface area contributed by atoms with Gasteiger partial charge in [0.15, 0.2) is 0 Å². The summed E-state index contributed by atoms with van der Waals surface area (Å²) in [5.74, 6) is 0.196. The molecule has 4 rings (SSSR count). The second-order valence-electron chi connectivity index (χ2n) is 9.18. The Morgan fingerprint density at radius 1 is 0.889 bits per heavy atom. The van der Waals surface area contributed by atoms with Crippen LogP contribution < -0.4 is 10.1 Å². The molecule has 0 heterocycles. The van der Waals surface area contributed by atoms with Crippen LogP contribution in [0.3, 0.4) is 0 Å². The van der Waals surface area contributed by atoms with E-state index < -0.39 is 5.97 Å². The third-order valence-electron chi connectivity index (χ3n) is 6.51. The summed E-state index contributed by atoms with van der Waals surface area (Å²) < 4.78 is 6.08. The number of fused-ring (bicyclic) bond motifs is 1. The van der Waals surface area contributed by atoms with Crippen LogP contribution in [0.15, 0.2) is 78.9 Å². The van der Waals surface area contributed by atoms with Gasteiger partial charge in [0.05, 0.1) is 6.04 Å². The molecule has 0 aliphatic heterocycles. The molecule has 0 aromatic heterocycles. The Bertz CT molecular complexity index is 1400. The lowest BCUT2D eigenvalue weighted by Gasteiger charge is -2.19. The van der Waals surface area contributed by atoms with Crippen molar-refractivity contribution >= 4 is 22.6 Å². The standard InChI is InChI=1S/C31H31NO4/c1-20-14-16-25(18-21(20)2)36-26-17-15-24(10-7-13-30(33)34)29(19-26)31(35)32-22(3)27-12-6-9-23-8-4-5-11-28(23)27/h4-6,8-9,11-12,14-19,22H,7,10,13H2,1-3H3,(H,32,35)(H,33,34)/t22-/m1/s1.